The molecule has 3 N–H and O–H groups in total. The van der Waals surface area contributed by atoms with E-state index >= 15 is 0 Å². The van der Waals surface area contributed by atoms with Crippen molar-refractivity contribution in [3.63, 3.8) is 0 Å². The van der Waals surface area contributed by atoms with Crippen LogP contribution < -0.4 is 10.6 Å². The van der Waals surface area contributed by atoms with Crippen molar-refractivity contribution in [2.45, 2.75) is 52.2 Å². The number of aryl methyl sites for hydroxylation is 1. The quantitative estimate of drug-likeness (QED) is 0.770. The molecule has 23 heavy (non-hydrogen) atoms. The first kappa shape index (κ1) is 18.2. The zero-order valence-electron chi connectivity index (χ0n) is 14.4. The number of hydrogen-bond acceptors (Lipinski definition) is 4. The molecule has 2 rings (SSSR count). The summed E-state index contributed by atoms with van der Waals surface area (Å²) >= 11 is 1.72. The van der Waals surface area contributed by atoms with Crippen LogP contribution in [0.4, 0.5) is 4.79 Å². The lowest BCUT2D eigenvalue weighted by Crippen LogP contribution is -2.48. The van der Waals surface area contributed by atoms with Gasteiger partial charge in [0.05, 0.1) is 11.6 Å². The van der Waals surface area contributed by atoms with E-state index in [0.29, 0.717) is 5.75 Å². The van der Waals surface area contributed by atoms with Gasteiger partial charge in [-0.05, 0) is 29.7 Å². The van der Waals surface area contributed by atoms with Gasteiger partial charge >= 0.3 is 6.03 Å². The van der Waals surface area contributed by atoms with Gasteiger partial charge in [0, 0.05) is 18.7 Å². The average molecular weight is 340 g/mol. The van der Waals surface area contributed by atoms with Crippen LogP contribution in [0.1, 0.15) is 51.7 Å². The molecule has 0 bridgehead atoms. The molecule has 1 aromatic rings. The second-order valence-corrected chi connectivity index (χ2v) is 8.42. The minimum atomic E-state index is -0.778. The standard InChI is InChI=1S/C17H28N2O3S/c1-5-12-6-7-13(22-12)14(16(2,3)4)19-15(20)18-10-17(21)8-9-23-11-17/h6-7,14,21H,5,8-11H2,1-4H3,(H2,18,19,20). The van der Waals surface area contributed by atoms with Gasteiger partial charge in [0.2, 0.25) is 0 Å². The number of thioether (sulfide) groups is 1. The molecule has 1 aliphatic rings. The van der Waals surface area contributed by atoms with Crippen LogP contribution in [-0.2, 0) is 6.42 Å². The Morgan fingerprint density at radius 1 is 1.48 bits per heavy atom. The van der Waals surface area contributed by atoms with Crippen molar-refractivity contribution in [3.05, 3.63) is 23.7 Å². The van der Waals surface area contributed by atoms with E-state index in [1.807, 2.05) is 19.1 Å². The summed E-state index contributed by atoms with van der Waals surface area (Å²) in [6.07, 6.45) is 1.55. The molecule has 6 heteroatoms. The van der Waals surface area contributed by atoms with Crippen LogP contribution in [0.25, 0.3) is 0 Å². The van der Waals surface area contributed by atoms with E-state index in [2.05, 4.69) is 31.4 Å². The van der Waals surface area contributed by atoms with E-state index in [1.165, 1.54) is 0 Å². The van der Waals surface area contributed by atoms with E-state index in [9.17, 15) is 9.90 Å². The average Bonchev–Trinajstić information content (AvgIpc) is 3.11. The molecule has 1 aromatic heterocycles. The number of urea groups is 1. The molecule has 0 spiro atoms. The predicted octanol–water partition coefficient (Wildman–Crippen LogP) is 3.10. The Morgan fingerprint density at radius 2 is 2.22 bits per heavy atom. The lowest BCUT2D eigenvalue weighted by Gasteiger charge is -2.30. The number of nitrogens with one attached hydrogen (secondary N) is 2. The van der Waals surface area contributed by atoms with E-state index in [1.54, 1.807) is 11.8 Å². The highest BCUT2D eigenvalue weighted by atomic mass is 32.2. The van der Waals surface area contributed by atoms with Crippen LogP contribution in [-0.4, -0.2) is 34.8 Å². The van der Waals surface area contributed by atoms with Crippen LogP contribution in [0.3, 0.4) is 0 Å². The van der Waals surface area contributed by atoms with Gasteiger partial charge in [-0.2, -0.15) is 11.8 Å². The summed E-state index contributed by atoms with van der Waals surface area (Å²) in [4.78, 5) is 12.3. The van der Waals surface area contributed by atoms with Gasteiger partial charge in [0.1, 0.15) is 11.5 Å². The molecule has 130 valence electrons. The zero-order valence-corrected chi connectivity index (χ0v) is 15.3. The summed E-state index contributed by atoms with van der Waals surface area (Å²) in [5.74, 6) is 3.29. The number of hydrogen-bond donors (Lipinski definition) is 3. The number of carbonyl (C=O) groups is 1. The second-order valence-electron chi connectivity index (χ2n) is 7.31. The van der Waals surface area contributed by atoms with Gasteiger partial charge in [0.25, 0.3) is 0 Å². The van der Waals surface area contributed by atoms with Crippen molar-refractivity contribution in [1.29, 1.82) is 0 Å². The highest BCUT2D eigenvalue weighted by Crippen LogP contribution is 2.34. The van der Waals surface area contributed by atoms with Gasteiger partial charge in [0.15, 0.2) is 0 Å². The predicted molar refractivity (Wildman–Crippen MR) is 93.7 cm³/mol. The van der Waals surface area contributed by atoms with Gasteiger partial charge in [-0.1, -0.05) is 27.7 Å². The number of carbonyl (C=O) groups excluding carboxylic acids is 1. The molecule has 0 aliphatic carbocycles. The Kier molecular flexibility index (Phi) is 5.68. The monoisotopic (exact) mass is 340 g/mol. The van der Waals surface area contributed by atoms with Crippen molar-refractivity contribution in [2.24, 2.45) is 5.41 Å². The minimum Gasteiger partial charge on any atom is -0.464 e. The summed E-state index contributed by atoms with van der Waals surface area (Å²) in [5.41, 5.74) is -0.959. The number of rotatable bonds is 5. The lowest BCUT2D eigenvalue weighted by atomic mass is 9.85. The fourth-order valence-corrected chi connectivity index (χ4v) is 3.91. The molecule has 2 amide bonds. The van der Waals surface area contributed by atoms with Crippen LogP contribution in [0.2, 0.25) is 0 Å². The fraction of sp³-hybridized carbons (Fsp3) is 0.706. The lowest BCUT2D eigenvalue weighted by molar-refractivity contribution is 0.0695. The molecule has 5 nitrogen and oxygen atoms in total. The van der Waals surface area contributed by atoms with Gasteiger partial charge in [-0.25, -0.2) is 4.79 Å². The van der Waals surface area contributed by atoms with Crippen LogP contribution in [0.5, 0.6) is 0 Å². The molecule has 1 fully saturated rings. The van der Waals surface area contributed by atoms with Gasteiger partial charge in [-0.15, -0.1) is 0 Å². The van der Waals surface area contributed by atoms with Gasteiger partial charge in [-0.3, -0.25) is 0 Å². The SMILES string of the molecule is CCc1ccc(C(NC(=O)NCC2(O)CCSC2)C(C)(C)C)o1. The maximum absolute atomic E-state index is 12.3. The minimum absolute atomic E-state index is 0.180. The molecule has 1 aliphatic heterocycles. The Balaban J connectivity index is 1.98. The summed E-state index contributed by atoms with van der Waals surface area (Å²) < 4.78 is 5.82. The molecular formula is C17H28N2O3S. The highest BCUT2D eigenvalue weighted by Gasteiger charge is 2.34. The van der Waals surface area contributed by atoms with Crippen molar-refractivity contribution in [1.82, 2.24) is 10.6 Å². The summed E-state index contributed by atoms with van der Waals surface area (Å²) in [6, 6.07) is 3.38. The first-order valence-electron chi connectivity index (χ1n) is 8.16. The fourth-order valence-electron chi connectivity index (χ4n) is 2.62. The van der Waals surface area contributed by atoms with Crippen molar-refractivity contribution in [2.75, 3.05) is 18.1 Å². The Labute approximate surface area is 142 Å². The van der Waals surface area contributed by atoms with Crippen LogP contribution in [0.15, 0.2) is 16.5 Å². The van der Waals surface area contributed by atoms with Crippen molar-refractivity contribution in [3.8, 4) is 0 Å². The van der Waals surface area contributed by atoms with E-state index in [-0.39, 0.29) is 24.0 Å². The van der Waals surface area contributed by atoms with Gasteiger partial charge < -0.3 is 20.2 Å². The Hall–Kier alpha value is -1.14. The number of furan rings is 1. The van der Waals surface area contributed by atoms with Crippen LogP contribution >= 0.6 is 11.8 Å². The van der Waals surface area contributed by atoms with Crippen molar-refractivity contribution < 1.29 is 14.3 Å². The topological polar surface area (TPSA) is 74.5 Å². The third-order valence-electron chi connectivity index (χ3n) is 4.12. The highest BCUT2D eigenvalue weighted by molar-refractivity contribution is 7.99. The molecule has 2 unspecified atom stereocenters. The maximum Gasteiger partial charge on any atom is 0.315 e. The smallest absolute Gasteiger partial charge is 0.315 e. The van der Waals surface area contributed by atoms with Crippen LogP contribution in [0, 0.1) is 5.41 Å². The Bertz CT molecular complexity index is 530. The van der Waals surface area contributed by atoms with E-state index < -0.39 is 5.60 Å². The third-order valence-corrected chi connectivity index (χ3v) is 5.35. The number of aliphatic hydroxyl groups is 1. The number of amides is 2. The maximum atomic E-state index is 12.3. The molecular weight excluding hydrogens is 312 g/mol. The molecule has 0 aromatic carbocycles. The largest absolute Gasteiger partial charge is 0.464 e. The summed E-state index contributed by atoms with van der Waals surface area (Å²) in [7, 11) is 0. The first-order chi connectivity index (χ1) is 10.7. The van der Waals surface area contributed by atoms with Crippen molar-refractivity contribution >= 4 is 17.8 Å². The van der Waals surface area contributed by atoms with E-state index in [0.717, 1.165) is 30.1 Å². The normalized spacial score (nSPS) is 22.8. The molecule has 0 radical (unpaired) electrons. The molecule has 2 atom stereocenters. The molecule has 1 saturated heterocycles. The zero-order chi connectivity index (χ0) is 17.1. The Morgan fingerprint density at radius 3 is 2.74 bits per heavy atom. The molecule has 2 heterocycles. The van der Waals surface area contributed by atoms with E-state index in [4.69, 9.17) is 4.42 Å². The summed E-state index contributed by atoms with van der Waals surface area (Å²) in [6.45, 7) is 8.50. The second kappa shape index (κ2) is 7.18. The third kappa shape index (κ3) is 4.91. The first-order valence-corrected chi connectivity index (χ1v) is 9.32. The summed E-state index contributed by atoms with van der Waals surface area (Å²) in [5, 5.41) is 16.1. The molecule has 0 saturated carbocycles.